The first-order valence-corrected chi connectivity index (χ1v) is 14.4. The van der Waals surface area contributed by atoms with E-state index in [4.69, 9.17) is 9.47 Å². The number of amides is 4. The van der Waals surface area contributed by atoms with Crippen LogP contribution < -0.4 is 21.3 Å². The number of nitrogens with one attached hydrogen (secondary N) is 4. The lowest BCUT2D eigenvalue weighted by atomic mass is 10.1. The standard InChI is InChI=1S/C15H19BrN2O3.C15H20N2O3/c1-15(2,3)21-14(20)18-12-6-4-9-8-10(16)5-7-11(9)17-13(12)19;1-15(2,3)20-14(19)17-12-9-8-10-6-4-5-7-11(10)16-13(12)18/h5,7-8,12H,4,6H2,1-3H3,(H,17,19)(H,18,20);4-7,12H,8-9H2,1-3H3,(H,16,18)(H,17,19)/t2*12-/m00/s1. The average Bonchev–Trinajstić information content (AvgIpc) is 3.09. The van der Waals surface area contributed by atoms with Crippen LogP contribution in [-0.2, 0) is 31.9 Å². The summed E-state index contributed by atoms with van der Waals surface area (Å²) in [6.07, 6.45) is 1.39. The molecule has 4 amide bonds. The van der Waals surface area contributed by atoms with E-state index in [2.05, 4.69) is 37.2 Å². The molecule has 0 saturated heterocycles. The van der Waals surface area contributed by atoms with Crippen molar-refractivity contribution < 1.29 is 28.7 Å². The maximum absolute atomic E-state index is 12.2. The van der Waals surface area contributed by atoms with Crippen molar-refractivity contribution in [3.63, 3.8) is 0 Å². The highest BCUT2D eigenvalue weighted by molar-refractivity contribution is 9.10. The number of hydrogen-bond donors (Lipinski definition) is 4. The van der Waals surface area contributed by atoms with Crippen molar-refractivity contribution in [3.05, 3.63) is 58.1 Å². The second-order valence-electron chi connectivity index (χ2n) is 11.9. The van der Waals surface area contributed by atoms with Gasteiger partial charge in [-0.1, -0.05) is 34.1 Å². The van der Waals surface area contributed by atoms with Crippen LogP contribution in [0.1, 0.15) is 65.5 Å². The fourth-order valence-electron chi connectivity index (χ4n) is 4.23. The number of hydrogen-bond acceptors (Lipinski definition) is 6. The molecule has 0 saturated carbocycles. The average molecular weight is 632 g/mol. The molecule has 2 aromatic carbocycles. The zero-order valence-corrected chi connectivity index (χ0v) is 25.9. The molecule has 11 heteroatoms. The second-order valence-corrected chi connectivity index (χ2v) is 12.8. The van der Waals surface area contributed by atoms with Crippen molar-refractivity contribution in [1.29, 1.82) is 0 Å². The van der Waals surface area contributed by atoms with Crippen LogP contribution in [0.3, 0.4) is 0 Å². The summed E-state index contributed by atoms with van der Waals surface area (Å²) in [7, 11) is 0. The fourth-order valence-corrected chi connectivity index (χ4v) is 4.64. The van der Waals surface area contributed by atoms with Crippen LogP contribution >= 0.6 is 15.9 Å². The van der Waals surface area contributed by atoms with Gasteiger partial charge in [0.15, 0.2) is 0 Å². The van der Waals surface area contributed by atoms with Gasteiger partial charge in [0.05, 0.1) is 0 Å². The second kappa shape index (κ2) is 13.4. The molecule has 2 aromatic rings. The minimum atomic E-state index is -0.592. The van der Waals surface area contributed by atoms with Gasteiger partial charge in [0.2, 0.25) is 11.8 Å². The summed E-state index contributed by atoms with van der Waals surface area (Å²) >= 11 is 3.42. The number of aryl methyl sites for hydroxylation is 2. The quantitative estimate of drug-likeness (QED) is 0.337. The molecule has 4 N–H and O–H groups in total. The Morgan fingerprint density at radius 3 is 1.73 bits per heavy atom. The summed E-state index contributed by atoms with van der Waals surface area (Å²) in [6, 6.07) is 12.2. The predicted molar refractivity (Wildman–Crippen MR) is 161 cm³/mol. The van der Waals surface area contributed by atoms with Gasteiger partial charge in [0.25, 0.3) is 0 Å². The number of fused-ring (bicyclic) bond motifs is 2. The number of rotatable bonds is 2. The molecule has 41 heavy (non-hydrogen) atoms. The van der Waals surface area contributed by atoms with Crippen LogP contribution in [0.4, 0.5) is 21.0 Å². The van der Waals surface area contributed by atoms with Crippen LogP contribution in [0.15, 0.2) is 46.9 Å². The van der Waals surface area contributed by atoms with Gasteiger partial charge >= 0.3 is 12.2 Å². The number of alkyl carbamates (subject to hydrolysis) is 2. The summed E-state index contributed by atoms with van der Waals surface area (Å²) in [5, 5.41) is 10.9. The monoisotopic (exact) mass is 630 g/mol. The lowest BCUT2D eigenvalue weighted by Crippen LogP contribution is -2.45. The molecule has 2 aliphatic rings. The van der Waals surface area contributed by atoms with E-state index in [1.54, 1.807) is 41.5 Å². The fraction of sp³-hybridized carbons (Fsp3) is 0.467. The highest BCUT2D eigenvalue weighted by Crippen LogP contribution is 2.26. The number of carbonyl (C=O) groups excluding carboxylic acids is 4. The molecule has 0 radical (unpaired) electrons. The maximum Gasteiger partial charge on any atom is 0.408 e. The van der Waals surface area contributed by atoms with E-state index in [-0.39, 0.29) is 11.8 Å². The van der Waals surface area contributed by atoms with E-state index >= 15 is 0 Å². The van der Waals surface area contributed by atoms with E-state index in [9.17, 15) is 19.2 Å². The zero-order chi connectivity index (χ0) is 30.4. The first-order valence-electron chi connectivity index (χ1n) is 13.6. The molecule has 4 rings (SSSR count). The number of anilines is 2. The first-order chi connectivity index (χ1) is 19.1. The van der Waals surface area contributed by atoms with Gasteiger partial charge in [-0.2, -0.15) is 0 Å². The highest BCUT2D eigenvalue weighted by atomic mass is 79.9. The van der Waals surface area contributed by atoms with Gasteiger partial charge in [-0.05, 0) is 103 Å². The van der Waals surface area contributed by atoms with Crippen LogP contribution in [0.2, 0.25) is 0 Å². The molecular formula is C30H39BrN4O6. The predicted octanol–water partition coefficient (Wildman–Crippen LogP) is 5.69. The van der Waals surface area contributed by atoms with Crippen LogP contribution in [0.25, 0.3) is 0 Å². The van der Waals surface area contributed by atoms with Gasteiger partial charge in [0, 0.05) is 15.8 Å². The van der Waals surface area contributed by atoms with Crippen molar-refractivity contribution in [2.45, 2.75) is 90.5 Å². The number of para-hydroxylation sites is 1. The number of carbonyl (C=O) groups is 4. The molecule has 0 aliphatic carbocycles. The zero-order valence-electron chi connectivity index (χ0n) is 24.4. The maximum atomic E-state index is 12.2. The summed E-state index contributed by atoms with van der Waals surface area (Å²) in [5.74, 6) is -0.428. The Morgan fingerprint density at radius 2 is 1.22 bits per heavy atom. The Balaban J connectivity index is 0.000000226. The number of halogens is 1. The molecule has 222 valence electrons. The van der Waals surface area contributed by atoms with Crippen molar-refractivity contribution in [3.8, 4) is 0 Å². The molecule has 0 bridgehead atoms. The lowest BCUT2D eigenvalue weighted by Gasteiger charge is -2.22. The molecule has 2 heterocycles. The van der Waals surface area contributed by atoms with Crippen LogP contribution in [-0.4, -0.2) is 47.3 Å². The summed E-state index contributed by atoms with van der Waals surface area (Å²) in [4.78, 5) is 47.8. The Kier molecular flexibility index (Phi) is 10.4. The third-order valence-electron chi connectivity index (χ3n) is 6.02. The molecule has 10 nitrogen and oxygen atoms in total. The van der Waals surface area contributed by atoms with Crippen LogP contribution in [0.5, 0.6) is 0 Å². The van der Waals surface area contributed by atoms with Gasteiger partial charge in [-0.3, -0.25) is 9.59 Å². The topological polar surface area (TPSA) is 135 Å². The van der Waals surface area contributed by atoms with E-state index in [1.807, 2.05) is 42.5 Å². The summed E-state index contributed by atoms with van der Waals surface area (Å²) < 4.78 is 11.3. The van der Waals surface area contributed by atoms with Crippen molar-refractivity contribution in [1.82, 2.24) is 10.6 Å². The molecular weight excluding hydrogens is 592 g/mol. The van der Waals surface area contributed by atoms with E-state index in [1.165, 1.54) is 0 Å². The van der Waals surface area contributed by atoms with Crippen molar-refractivity contribution in [2.75, 3.05) is 10.6 Å². The number of ether oxygens (including phenoxy) is 2. The largest absolute Gasteiger partial charge is 0.444 e. The Labute approximate surface area is 249 Å². The SMILES string of the molecule is CC(C)(C)OC(=O)N[C@H]1CCc2cc(Br)ccc2NC1=O.CC(C)(C)OC(=O)N[C@H]1CCc2ccccc2NC1=O. The molecule has 0 spiro atoms. The molecule has 0 fully saturated rings. The molecule has 0 aromatic heterocycles. The first kappa shape index (κ1) is 31.9. The Bertz CT molecular complexity index is 1280. The van der Waals surface area contributed by atoms with Gasteiger partial charge in [-0.15, -0.1) is 0 Å². The minimum absolute atomic E-state index is 0.208. The molecule has 0 unspecified atom stereocenters. The third-order valence-corrected chi connectivity index (χ3v) is 6.51. The van der Waals surface area contributed by atoms with Crippen molar-refractivity contribution in [2.24, 2.45) is 0 Å². The minimum Gasteiger partial charge on any atom is -0.444 e. The van der Waals surface area contributed by atoms with Gasteiger partial charge < -0.3 is 30.7 Å². The Morgan fingerprint density at radius 1 is 0.756 bits per heavy atom. The lowest BCUT2D eigenvalue weighted by molar-refractivity contribution is -0.118. The molecule has 2 aliphatic heterocycles. The van der Waals surface area contributed by atoms with Crippen molar-refractivity contribution >= 4 is 51.3 Å². The van der Waals surface area contributed by atoms with Gasteiger partial charge in [0.1, 0.15) is 23.3 Å². The third kappa shape index (κ3) is 10.4. The van der Waals surface area contributed by atoms with E-state index < -0.39 is 35.5 Å². The number of benzene rings is 2. The van der Waals surface area contributed by atoms with Crippen LogP contribution in [0, 0.1) is 0 Å². The molecule has 2 atom stereocenters. The summed E-state index contributed by atoms with van der Waals surface area (Å²) in [6.45, 7) is 10.7. The Hall–Kier alpha value is -3.60. The normalized spacial score (nSPS) is 18.4. The van der Waals surface area contributed by atoms with E-state index in [0.717, 1.165) is 33.4 Å². The summed E-state index contributed by atoms with van der Waals surface area (Å²) in [5.41, 5.74) is 2.57. The van der Waals surface area contributed by atoms with E-state index in [0.29, 0.717) is 19.3 Å². The van der Waals surface area contributed by atoms with Gasteiger partial charge in [-0.25, -0.2) is 9.59 Å². The highest BCUT2D eigenvalue weighted by Gasteiger charge is 2.28. The smallest absolute Gasteiger partial charge is 0.408 e.